The van der Waals surface area contributed by atoms with Gasteiger partial charge in [-0.1, -0.05) is 12.1 Å². The molecule has 0 bridgehead atoms. The molecule has 1 rings (SSSR count). The van der Waals surface area contributed by atoms with Crippen molar-refractivity contribution < 1.29 is 13.2 Å². The van der Waals surface area contributed by atoms with E-state index in [-0.39, 0.29) is 13.1 Å². The van der Waals surface area contributed by atoms with Gasteiger partial charge in [0.25, 0.3) is 0 Å². The van der Waals surface area contributed by atoms with Crippen molar-refractivity contribution in [3.05, 3.63) is 29.8 Å². The summed E-state index contributed by atoms with van der Waals surface area (Å²) < 4.78 is 24.6. The van der Waals surface area contributed by atoms with Crippen LogP contribution in [0.15, 0.2) is 24.3 Å². The molecule has 7 nitrogen and oxygen atoms in total. The summed E-state index contributed by atoms with van der Waals surface area (Å²) in [6, 6.07) is 8.53. The Hall–Kier alpha value is -1.95. The lowest BCUT2D eigenvalue weighted by atomic mass is 10.2. The van der Waals surface area contributed by atoms with Crippen LogP contribution < -0.4 is 5.32 Å². The van der Waals surface area contributed by atoms with Gasteiger partial charge in [0, 0.05) is 13.1 Å². The highest BCUT2D eigenvalue weighted by Crippen LogP contribution is 2.13. The number of likely N-dealkylation sites (N-methyl/N-ethyl adjacent to an activating group) is 1. The molecule has 0 heterocycles. The maximum atomic E-state index is 12.0. The maximum absolute atomic E-state index is 12.0. The van der Waals surface area contributed by atoms with Gasteiger partial charge in [-0.15, -0.1) is 0 Å². The SMILES string of the molecule is CN(C)CCN(CC(=O)Nc1ccccc1C#N)S(C)(=O)=O. The first-order chi connectivity index (χ1) is 10.2. The molecular formula is C14H20N4O3S. The van der Waals surface area contributed by atoms with Gasteiger partial charge in [-0.3, -0.25) is 4.79 Å². The first-order valence-corrected chi connectivity index (χ1v) is 8.47. The molecule has 22 heavy (non-hydrogen) atoms. The number of nitriles is 1. The number of carbonyl (C=O) groups excluding carboxylic acids is 1. The Morgan fingerprint density at radius 2 is 1.91 bits per heavy atom. The molecule has 0 spiro atoms. The third-order valence-corrected chi connectivity index (χ3v) is 4.16. The van der Waals surface area contributed by atoms with Gasteiger partial charge in [-0.25, -0.2) is 8.42 Å². The second-order valence-electron chi connectivity index (χ2n) is 5.11. The van der Waals surface area contributed by atoms with Gasteiger partial charge in [0.2, 0.25) is 15.9 Å². The Labute approximate surface area is 131 Å². The molecule has 1 N–H and O–H groups in total. The monoisotopic (exact) mass is 324 g/mol. The molecule has 0 aromatic heterocycles. The Balaban J connectivity index is 2.77. The molecule has 0 fully saturated rings. The maximum Gasteiger partial charge on any atom is 0.239 e. The second kappa shape index (κ2) is 7.89. The molecule has 1 amide bonds. The number of nitrogens with zero attached hydrogens (tertiary/aromatic N) is 3. The highest BCUT2D eigenvalue weighted by atomic mass is 32.2. The van der Waals surface area contributed by atoms with Gasteiger partial charge < -0.3 is 10.2 Å². The number of carbonyl (C=O) groups is 1. The number of nitrogens with one attached hydrogen (secondary N) is 1. The summed E-state index contributed by atoms with van der Waals surface area (Å²) >= 11 is 0. The molecule has 0 atom stereocenters. The van der Waals surface area contributed by atoms with E-state index in [9.17, 15) is 13.2 Å². The first kappa shape index (κ1) is 18.1. The molecule has 0 radical (unpaired) electrons. The number of anilines is 1. The third-order valence-electron chi connectivity index (χ3n) is 2.91. The standard InChI is InChI=1S/C14H20N4O3S/c1-17(2)8-9-18(22(3,20)21)11-14(19)16-13-7-5-4-6-12(13)10-15/h4-7H,8-9,11H2,1-3H3,(H,16,19). The second-order valence-corrected chi connectivity index (χ2v) is 7.09. The Morgan fingerprint density at radius 1 is 1.27 bits per heavy atom. The lowest BCUT2D eigenvalue weighted by Gasteiger charge is -2.21. The van der Waals surface area contributed by atoms with Crippen molar-refractivity contribution in [2.75, 3.05) is 45.3 Å². The lowest BCUT2D eigenvalue weighted by molar-refractivity contribution is -0.116. The van der Waals surface area contributed by atoms with Crippen LogP contribution in [-0.2, 0) is 14.8 Å². The Bertz CT molecular complexity index is 665. The molecule has 0 aliphatic rings. The minimum atomic E-state index is -3.48. The molecule has 1 aromatic carbocycles. The van der Waals surface area contributed by atoms with Crippen LogP contribution in [0.4, 0.5) is 5.69 Å². The number of rotatable bonds is 7. The molecule has 8 heteroatoms. The van der Waals surface area contributed by atoms with Crippen LogP contribution in [0.25, 0.3) is 0 Å². The lowest BCUT2D eigenvalue weighted by Crippen LogP contribution is -2.41. The van der Waals surface area contributed by atoms with Gasteiger partial charge in [-0.2, -0.15) is 9.57 Å². The van der Waals surface area contributed by atoms with Crippen LogP contribution in [0.5, 0.6) is 0 Å². The van der Waals surface area contributed by atoms with Gasteiger partial charge in [0.1, 0.15) is 6.07 Å². The van der Waals surface area contributed by atoms with Crippen molar-refractivity contribution in [1.29, 1.82) is 5.26 Å². The van der Waals surface area contributed by atoms with Gasteiger partial charge >= 0.3 is 0 Å². The fourth-order valence-corrected chi connectivity index (χ4v) is 2.48. The zero-order valence-corrected chi connectivity index (χ0v) is 13.7. The molecule has 0 aliphatic heterocycles. The summed E-state index contributed by atoms with van der Waals surface area (Å²) in [5, 5.41) is 11.5. The summed E-state index contributed by atoms with van der Waals surface area (Å²) in [6.07, 6.45) is 1.07. The van der Waals surface area contributed by atoms with Crippen LogP contribution in [0, 0.1) is 11.3 Å². The minimum absolute atomic E-state index is 0.221. The van der Waals surface area contributed by atoms with E-state index >= 15 is 0 Å². The molecule has 120 valence electrons. The fraction of sp³-hybridized carbons (Fsp3) is 0.429. The predicted molar refractivity (Wildman–Crippen MR) is 84.8 cm³/mol. The van der Waals surface area contributed by atoms with E-state index < -0.39 is 15.9 Å². The fourth-order valence-electron chi connectivity index (χ4n) is 1.71. The molecule has 0 saturated carbocycles. The zero-order chi connectivity index (χ0) is 16.8. The van der Waals surface area contributed by atoms with E-state index in [0.29, 0.717) is 17.8 Å². The smallest absolute Gasteiger partial charge is 0.239 e. The third kappa shape index (κ3) is 5.81. The van der Waals surface area contributed by atoms with Crippen LogP contribution in [0.2, 0.25) is 0 Å². The molecule has 0 unspecified atom stereocenters. The number of hydrogen-bond donors (Lipinski definition) is 1. The van der Waals surface area contributed by atoms with Gasteiger partial charge in [0.15, 0.2) is 0 Å². The van der Waals surface area contributed by atoms with Crippen molar-refractivity contribution in [3.63, 3.8) is 0 Å². The highest BCUT2D eigenvalue weighted by molar-refractivity contribution is 7.88. The molecule has 0 saturated heterocycles. The summed E-state index contributed by atoms with van der Waals surface area (Å²) in [5.74, 6) is -0.480. The van der Waals surface area contributed by atoms with Crippen LogP contribution in [0.1, 0.15) is 5.56 Å². The van der Waals surface area contributed by atoms with Crippen LogP contribution >= 0.6 is 0 Å². The normalized spacial score (nSPS) is 11.5. The van der Waals surface area contributed by atoms with E-state index in [1.807, 2.05) is 25.1 Å². The molecule has 1 aromatic rings. The van der Waals surface area contributed by atoms with Crippen molar-refractivity contribution in [3.8, 4) is 6.07 Å². The first-order valence-electron chi connectivity index (χ1n) is 6.63. The number of benzene rings is 1. The predicted octanol–water partition coefficient (Wildman–Crippen LogP) is 0.320. The summed E-state index contributed by atoms with van der Waals surface area (Å²) in [7, 11) is 0.163. The number of sulfonamides is 1. The summed E-state index contributed by atoms with van der Waals surface area (Å²) in [6.45, 7) is 0.445. The van der Waals surface area contributed by atoms with Crippen molar-refractivity contribution in [2.24, 2.45) is 0 Å². The average molecular weight is 324 g/mol. The van der Waals surface area contributed by atoms with E-state index in [0.717, 1.165) is 10.6 Å². The van der Waals surface area contributed by atoms with Crippen molar-refractivity contribution >= 4 is 21.6 Å². The number of hydrogen-bond acceptors (Lipinski definition) is 5. The summed E-state index contributed by atoms with van der Waals surface area (Å²) in [5.41, 5.74) is 0.700. The topological polar surface area (TPSA) is 93.5 Å². The minimum Gasteiger partial charge on any atom is -0.324 e. The van der Waals surface area contributed by atoms with Crippen LogP contribution in [0.3, 0.4) is 0 Å². The zero-order valence-electron chi connectivity index (χ0n) is 12.9. The van der Waals surface area contributed by atoms with Gasteiger partial charge in [-0.05, 0) is 26.2 Å². The number of amides is 1. The summed E-state index contributed by atoms with van der Waals surface area (Å²) in [4.78, 5) is 13.9. The quantitative estimate of drug-likeness (QED) is 0.779. The van der Waals surface area contributed by atoms with E-state index in [4.69, 9.17) is 5.26 Å². The number of para-hydroxylation sites is 1. The van der Waals surface area contributed by atoms with E-state index in [2.05, 4.69) is 5.32 Å². The van der Waals surface area contributed by atoms with Crippen molar-refractivity contribution in [2.45, 2.75) is 0 Å². The Morgan fingerprint density at radius 3 is 2.45 bits per heavy atom. The van der Waals surface area contributed by atoms with E-state index in [1.54, 1.807) is 24.3 Å². The van der Waals surface area contributed by atoms with Crippen LogP contribution in [-0.4, -0.2) is 63.5 Å². The Kier molecular flexibility index (Phi) is 6.49. The molecule has 0 aliphatic carbocycles. The van der Waals surface area contributed by atoms with E-state index in [1.165, 1.54) is 0 Å². The highest BCUT2D eigenvalue weighted by Gasteiger charge is 2.20. The molecular weight excluding hydrogens is 304 g/mol. The van der Waals surface area contributed by atoms with Gasteiger partial charge in [0.05, 0.1) is 24.1 Å². The van der Waals surface area contributed by atoms with Crippen molar-refractivity contribution in [1.82, 2.24) is 9.21 Å². The average Bonchev–Trinajstić information content (AvgIpc) is 2.42. The largest absolute Gasteiger partial charge is 0.324 e.